The lowest BCUT2D eigenvalue weighted by Gasteiger charge is -2.38. The zero-order valence-corrected chi connectivity index (χ0v) is 27.4. The highest BCUT2D eigenvalue weighted by Gasteiger charge is 2.43. The summed E-state index contributed by atoms with van der Waals surface area (Å²) >= 11 is 1.34. The van der Waals surface area contributed by atoms with Gasteiger partial charge in [0.15, 0.2) is 0 Å². The number of likely N-dealkylation sites (tertiary alicyclic amines) is 1. The molecule has 256 valence electrons. The number of nitrogens with zero attached hydrogens (tertiary/aromatic N) is 4. The first-order valence-electron chi connectivity index (χ1n) is 15.3. The normalized spacial score (nSPS) is 14.7. The number of benzene rings is 1. The fourth-order valence-corrected chi connectivity index (χ4v) is 6.43. The summed E-state index contributed by atoms with van der Waals surface area (Å²) in [4.78, 5) is 23.0. The van der Waals surface area contributed by atoms with Crippen molar-refractivity contribution in [1.82, 2.24) is 30.4 Å². The number of H-pyrrole nitrogens is 1. The van der Waals surface area contributed by atoms with E-state index >= 15 is 4.39 Å². The molecule has 6 rings (SSSR count). The maximum absolute atomic E-state index is 15.9. The summed E-state index contributed by atoms with van der Waals surface area (Å²) in [5, 5.41) is 12.7. The van der Waals surface area contributed by atoms with Crippen molar-refractivity contribution in [1.29, 1.82) is 0 Å². The Morgan fingerprint density at radius 1 is 1.12 bits per heavy atom. The monoisotopic (exact) mass is 696 g/mol. The second-order valence-electron chi connectivity index (χ2n) is 11.4. The Morgan fingerprint density at radius 2 is 1.94 bits per heavy atom. The van der Waals surface area contributed by atoms with Crippen molar-refractivity contribution in [3.8, 4) is 45.4 Å². The van der Waals surface area contributed by atoms with Gasteiger partial charge in [0.05, 0.1) is 42.7 Å². The molecule has 1 aromatic carbocycles. The Bertz CT molecular complexity index is 1980. The third-order valence-electron chi connectivity index (χ3n) is 7.85. The summed E-state index contributed by atoms with van der Waals surface area (Å²) in [6.45, 7) is 5.44. The van der Waals surface area contributed by atoms with Crippen LogP contribution in [0.2, 0.25) is 0 Å². The summed E-state index contributed by atoms with van der Waals surface area (Å²) in [5.74, 6) is -4.41. The van der Waals surface area contributed by atoms with Gasteiger partial charge in [-0.25, -0.2) is 27.5 Å². The summed E-state index contributed by atoms with van der Waals surface area (Å²) in [7, 11) is 1.49. The second kappa shape index (κ2) is 14.3. The van der Waals surface area contributed by atoms with Crippen LogP contribution in [0.5, 0.6) is 11.6 Å². The molecular weight excluding hydrogens is 664 g/mol. The molecule has 0 aliphatic carbocycles. The fourth-order valence-electron chi connectivity index (χ4n) is 5.48. The van der Waals surface area contributed by atoms with Gasteiger partial charge in [0.25, 0.3) is 5.92 Å². The quantitative estimate of drug-likeness (QED) is 0.0778. The third-order valence-corrected chi connectivity index (χ3v) is 8.78. The lowest BCUT2D eigenvalue weighted by molar-refractivity contribution is -0.132. The van der Waals surface area contributed by atoms with E-state index in [-0.39, 0.29) is 55.8 Å². The van der Waals surface area contributed by atoms with E-state index in [2.05, 4.69) is 27.1 Å². The van der Waals surface area contributed by atoms with Gasteiger partial charge >= 0.3 is 0 Å². The zero-order valence-electron chi connectivity index (χ0n) is 26.6. The van der Waals surface area contributed by atoms with Crippen LogP contribution in [-0.2, 0) is 9.53 Å². The van der Waals surface area contributed by atoms with Crippen LogP contribution >= 0.6 is 11.3 Å². The van der Waals surface area contributed by atoms with Crippen LogP contribution in [0.1, 0.15) is 18.7 Å². The second-order valence-corrected chi connectivity index (χ2v) is 12.3. The van der Waals surface area contributed by atoms with Crippen molar-refractivity contribution in [2.24, 2.45) is 0 Å². The van der Waals surface area contributed by atoms with Crippen LogP contribution in [0.4, 0.5) is 17.6 Å². The molecule has 1 aliphatic rings. The van der Waals surface area contributed by atoms with Gasteiger partial charge in [0.1, 0.15) is 42.0 Å². The minimum absolute atomic E-state index is 0.00148. The molecule has 1 atom stereocenters. The SMILES string of the molecule is C=CC(=O)NC(C)c1cc(-c2nc(-c3ccc(OCCN4CC(F)(F)C4)nc3)c3ccsc3c2-c2c(F)cc(F)cc2OCCOC)n[nH]1. The van der Waals surface area contributed by atoms with Crippen molar-refractivity contribution < 1.29 is 36.6 Å². The molecule has 2 N–H and O–H groups in total. The summed E-state index contributed by atoms with van der Waals surface area (Å²) in [5.41, 5.74) is 2.61. The van der Waals surface area contributed by atoms with E-state index in [1.807, 2.05) is 11.4 Å². The van der Waals surface area contributed by atoms with E-state index in [9.17, 15) is 18.0 Å². The number of carbonyl (C=O) groups is 1. The number of nitrogens with one attached hydrogen (secondary N) is 2. The van der Waals surface area contributed by atoms with Crippen LogP contribution in [0.3, 0.4) is 0 Å². The first kappa shape index (κ1) is 34.0. The number of fused-ring (bicyclic) bond motifs is 1. The predicted molar refractivity (Wildman–Crippen MR) is 177 cm³/mol. The standard InChI is InChI=1S/C34H32F4N6O4S/c1-4-27(45)40-19(2)24-15-25(43-42-24)32-30(29-23(36)13-21(35)14-26(29)47-11-10-46-3)33-22(7-12-49-33)31(41-32)20-5-6-28(39-16-20)48-9-8-44-17-34(37,38)18-44/h4-7,12-16,19H,1,8-11,17-18H2,2-3H3,(H,40,45)(H,42,43). The number of methoxy groups -OCH3 is 1. The molecule has 1 aliphatic heterocycles. The van der Waals surface area contributed by atoms with Gasteiger partial charge in [-0.05, 0) is 36.6 Å². The fraction of sp³-hybridized carbons (Fsp3) is 0.294. The van der Waals surface area contributed by atoms with Crippen LogP contribution in [0, 0.1) is 11.6 Å². The molecule has 10 nitrogen and oxygen atoms in total. The maximum atomic E-state index is 15.9. The van der Waals surface area contributed by atoms with Gasteiger partial charge in [0.2, 0.25) is 11.8 Å². The molecule has 0 spiro atoms. The Labute approximate surface area is 282 Å². The Hall–Kier alpha value is -4.86. The number of aromatic nitrogens is 4. The Morgan fingerprint density at radius 3 is 2.65 bits per heavy atom. The number of aromatic amines is 1. The molecule has 1 amide bonds. The van der Waals surface area contributed by atoms with Crippen molar-refractivity contribution in [2.45, 2.75) is 18.9 Å². The summed E-state index contributed by atoms with van der Waals surface area (Å²) < 4.78 is 74.0. The lowest BCUT2D eigenvalue weighted by Crippen LogP contribution is -2.57. The molecule has 1 unspecified atom stereocenters. The van der Waals surface area contributed by atoms with E-state index in [0.29, 0.717) is 50.7 Å². The average molecular weight is 697 g/mol. The van der Waals surface area contributed by atoms with Gasteiger partial charge < -0.3 is 19.5 Å². The van der Waals surface area contributed by atoms with Crippen LogP contribution in [0.25, 0.3) is 43.9 Å². The number of hydrogen-bond donors (Lipinski definition) is 2. The minimum Gasteiger partial charge on any atom is -0.490 e. The van der Waals surface area contributed by atoms with Crippen molar-refractivity contribution >= 4 is 27.3 Å². The number of thiophene rings is 1. The van der Waals surface area contributed by atoms with Gasteiger partial charge in [0, 0.05) is 59.3 Å². The van der Waals surface area contributed by atoms with Gasteiger partial charge in [-0.15, -0.1) is 11.3 Å². The molecule has 0 saturated carbocycles. The highest BCUT2D eigenvalue weighted by Crippen LogP contribution is 2.47. The van der Waals surface area contributed by atoms with E-state index < -0.39 is 23.6 Å². The topological polar surface area (TPSA) is 114 Å². The molecule has 15 heteroatoms. The van der Waals surface area contributed by atoms with Crippen LogP contribution < -0.4 is 14.8 Å². The number of halogens is 4. The molecule has 0 radical (unpaired) electrons. The van der Waals surface area contributed by atoms with Gasteiger partial charge in [-0.1, -0.05) is 6.58 Å². The van der Waals surface area contributed by atoms with Crippen molar-refractivity contribution in [3.05, 3.63) is 78.0 Å². The number of rotatable bonds is 14. The molecule has 49 heavy (non-hydrogen) atoms. The number of hydrogen-bond acceptors (Lipinski definition) is 9. The first-order valence-corrected chi connectivity index (χ1v) is 16.1. The number of alkyl halides is 2. The van der Waals surface area contributed by atoms with E-state index in [1.165, 1.54) is 18.4 Å². The van der Waals surface area contributed by atoms with E-state index in [4.69, 9.17) is 19.2 Å². The van der Waals surface area contributed by atoms with Gasteiger partial charge in [-0.2, -0.15) is 5.10 Å². The lowest BCUT2D eigenvalue weighted by atomic mass is 9.96. The average Bonchev–Trinajstić information content (AvgIpc) is 3.75. The van der Waals surface area contributed by atoms with Crippen LogP contribution in [-0.4, -0.2) is 83.5 Å². The largest absolute Gasteiger partial charge is 0.490 e. The first-order chi connectivity index (χ1) is 23.6. The summed E-state index contributed by atoms with van der Waals surface area (Å²) in [6, 6.07) is 8.39. The molecule has 5 aromatic rings. The molecule has 1 fully saturated rings. The summed E-state index contributed by atoms with van der Waals surface area (Å²) in [6.07, 6.45) is 2.74. The highest BCUT2D eigenvalue weighted by atomic mass is 32.1. The number of ether oxygens (including phenoxy) is 3. The Balaban J connectivity index is 1.43. The Kier molecular flexibility index (Phi) is 9.94. The number of carbonyl (C=O) groups excluding carboxylic acids is 1. The molecule has 5 heterocycles. The maximum Gasteiger partial charge on any atom is 0.272 e. The highest BCUT2D eigenvalue weighted by molar-refractivity contribution is 7.18. The molecule has 4 aromatic heterocycles. The predicted octanol–water partition coefficient (Wildman–Crippen LogP) is 6.41. The van der Waals surface area contributed by atoms with Crippen molar-refractivity contribution in [3.63, 3.8) is 0 Å². The minimum atomic E-state index is -2.65. The molecule has 0 bridgehead atoms. The van der Waals surface area contributed by atoms with E-state index in [0.717, 1.165) is 18.2 Å². The van der Waals surface area contributed by atoms with Crippen molar-refractivity contribution in [2.75, 3.05) is 46.6 Å². The van der Waals surface area contributed by atoms with Crippen LogP contribution in [0.15, 0.2) is 60.6 Å². The van der Waals surface area contributed by atoms with E-state index in [1.54, 1.807) is 36.2 Å². The third kappa shape index (κ3) is 7.43. The zero-order chi connectivity index (χ0) is 34.7. The number of pyridine rings is 2. The van der Waals surface area contributed by atoms with Gasteiger partial charge in [-0.3, -0.25) is 14.8 Å². The molecular formula is C34H32F4N6O4S. The smallest absolute Gasteiger partial charge is 0.272 e. The molecule has 1 saturated heterocycles. The number of amides is 1.